The minimum atomic E-state index is -0.435. The summed E-state index contributed by atoms with van der Waals surface area (Å²) in [4.78, 5) is 14.4. The van der Waals surface area contributed by atoms with Gasteiger partial charge in [0, 0.05) is 36.5 Å². The van der Waals surface area contributed by atoms with Gasteiger partial charge in [-0.3, -0.25) is 10.1 Å². The summed E-state index contributed by atoms with van der Waals surface area (Å²) in [5.41, 5.74) is 1.02. The number of nitro groups is 1. The van der Waals surface area contributed by atoms with Gasteiger partial charge in [0.1, 0.15) is 5.75 Å². The monoisotopic (exact) mass is 285 g/mol. The topological polar surface area (TPSA) is 77.3 Å². The van der Waals surface area contributed by atoms with Crippen molar-refractivity contribution < 1.29 is 9.66 Å². The number of hydrogen-bond donors (Lipinski definition) is 1. The van der Waals surface area contributed by atoms with Crippen LogP contribution in [0.5, 0.6) is 11.6 Å². The van der Waals surface area contributed by atoms with E-state index in [0.29, 0.717) is 24.2 Å². The smallest absolute Gasteiger partial charge is 0.269 e. The van der Waals surface area contributed by atoms with Crippen molar-refractivity contribution in [2.24, 2.45) is 0 Å². The van der Waals surface area contributed by atoms with Gasteiger partial charge in [-0.05, 0) is 31.0 Å². The lowest BCUT2D eigenvalue weighted by molar-refractivity contribution is -0.384. The molecule has 0 aliphatic heterocycles. The van der Waals surface area contributed by atoms with Crippen LogP contribution in [0.1, 0.15) is 18.4 Å². The Balaban J connectivity index is 1.72. The first-order valence-electron chi connectivity index (χ1n) is 6.82. The Morgan fingerprint density at radius 1 is 1.29 bits per heavy atom. The average Bonchev–Trinajstić information content (AvgIpc) is 3.31. The lowest BCUT2D eigenvalue weighted by Crippen LogP contribution is -2.16. The Kier molecular flexibility index (Phi) is 3.79. The van der Waals surface area contributed by atoms with E-state index in [0.717, 1.165) is 5.56 Å². The van der Waals surface area contributed by atoms with Crippen molar-refractivity contribution in [2.45, 2.75) is 25.4 Å². The summed E-state index contributed by atoms with van der Waals surface area (Å²) < 4.78 is 5.72. The number of hydrogen-bond acceptors (Lipinski definition) is 5. The fraction of sp³-hybridized carbons (Fsp3) is 0.267. The maximum atomic E-state index is 10.6. The summed E-state index contributed by atoms with van der Waals surface area (Å²) in [6.45, 7) is 0.709. The molecule has 0 spiro atoms. The van der Waals surface area contributed by atoms with E-state index in [1.807, 2.05) is 12.1 Å². The molecule has 1 aliphatic carbocycles. The number of rotatable bonds is 6. The van der Waals surface area contributed by atoms with Crippen molar-refractivity contribution in [1.82, 2.24) is 10.3 Å². The first kappa shape index (κ1) is 13.5. The van der Waals surface area contributed by atoms with E-state index in [4.69, 9.17) is 4.74 Å². The Bertz CT molecular complexity index is 639. The fourth-order valence-corrected chi connectivity index (χ4v) is 1.94. The third kappa shape index (κ3) is 3.55. The molecule has 0 radical (unpaired) electrons. The average molecular weight is 285 g/mol. The molecule has 21 heavy (non-hydrogen) atoms. The minimum absolute atomic E-state index is 0.0407. The zero-order chi connectivity index (χ0) is 14.7. The largest absolute Gasteiger partial charge is 0.439 e. The van der Waals surface area contributed by atoms with Gasteiger partial charge < -0.3 is 10.1 Å². The molecular weight excluding hydrogens is 270 g/mol. The molecule has 108 valence electrons. The van der Waals surface area contributed by atoms with Crippen molar-refractivity contribution in [1.29, 1.82) is 0 Å². The normalized spacial score (nSPS) is 13.9. The summed E-state index contributed by atoms with van der Waals surface area (Å²) >= 11 is 0. The third-order valence-corrected chi connectivity index (χ3v) is 3.27. The predicted octanol–water partition coefficient (Wildman–Crippen LogP) is 3.03. The highest BCUT2D eigenvalue weighted by Crippen LogP contribution is 2.26. The predicted molar refractivity (Wildman–Crippen MR) is 77.3 cm³/mol. The molecule has 3 rings (SSSR count). The Hall–Kier alpha value is -2.47. The van der Waals surface area contributed by atoms with Gasteiger partial charge >= 0.3 is 0 Å². The molecule has 6 nitrogen and oxygen atoms in total. The molecule has 6 heteroatoms. The third-order valence-electron chi connectivity index (χ3n) is 3.27. The van der Waals surface area contributed by atoms with Gasteiger partial charge in [0.05, 0.1) is 4.92 Å². The molecule has 1 aromatic carbocycles. The molecule has 1 aromatic heterocycles. The molecule has 1 aliphatic rings. The zero-order valence-electron chi connectivity index (χ0n) is 11.4. The number of nitrogens with zero attached hydrogens (tertiary/aromatic N) is 2. The highest BCUT2D eigenvalue weighted by atomic mass is 16.6. The molecule has 1 saturated carbocycles. The van der Waals surface area contributed by atoms with Gasteiger partial charge in [0.15, 0.2) is 0 Å². The van der Waals surface area contributed by atoms with Gasteiger partial charge in [-0.15, -0.1) is 0 Å². The Labute approximate surface area is 121 Å². The number of nitrogens with one attached hydrogen (secondary N) is 1. The number of non-ortho nitro benzene ring substituents is 1. The molecule has 0 bridgehead atoms. The highest BCUT2D eigenvalue weighted by molar-refractivity contribution is 5.38. The van der Waals surface area contributed by atoms with Gasteiger partial charge in [-0.1, -0.05) is 6.07 Å². The summed E-state index contributed by atoms with van der Waals surface area (Å²) in [6, 6.07) is 10.4. The van der Waals surface area contributed by atoms with E-state index in [2.05, 4.69) is 10.3 Å². The van der Waals surface area contributed by atoms with Gasteiger partial charge in [0.25, 0.3) is 5.69 Å². The van der Waals surface area contributed by atoms with Crippen molar-refractivity contribution in [3.8, 4) is 11.6 Å². The fourth-order valence-electron chi connectivity index (χ4n) is 1.94. The van der Waals surface area contributed by atoms with E-state index in [1.54, 1.807) is 18.3 Å². The van der Waals surface area contributed by atoms with Gasteiger partial charge in [0.2, 0.25) is 5.88 Å². The van der Waals surface area contributed by atoms with Crippen molar-refractivity contribution in [2.75, 3.05) is 0 Å². The van der Waals surface area contributed by atoms with E-state index < -0.39 is 4.92 Å². The van der Waals surface area contributed by atoms with Crippen LogP contribution in [0.25, 0.3) is 0 Å². The first-order valence-corrected chi connectivity index (χ1v) is 6.82. The zero-order valence-corrected chi connectivity index (χ0v) is 11.4. The molecule has 1 heterocycles. The second-order valence-electron chi connectivity index (χ2n) is 4.98. The maximum absolute atomic E-state index is 10.6. The van der Waals surface area contributed by atoms with Crippen LogP contribution in [-0.4, -0.2) is 15.9 Å². The first-order chi connectivity index (χ1) is 10.2. The molecule has 1 N–H and O–H groups in total. The van der Waals surface area contributed by atoms with Crippen LogP contribution >= 0.6 is 0 Å². The van der Waals surface area contributed by atoms with E-state index in [-0.39, 0.29) is 5.69 Å². The van der Waals surface area contributed by atoms with Gasteiger partial charge in [-0.25, -0.2) is 4.98 Å². The molecule has 0 atom stereocenters. The Morgan fingerprint density at radius 2 is 2.05 bits per heavy atom. The molecule has 0 unspecified atom stereocenters. The van der Waals surface area contributed by atoms with Crippen LogP contribution < -0.4 is 10.1 Å². The van der Waals surface area contributed by atoms with Crippen LogP contribution in [0.15, 0.2) is 42.6 Å². The standard InChI is InChI=1S/C15H15N3O3/c19-18(20)13-5-7-14(8-6-13)21-15-11(2-1-9-16-15)10-17-12-3-4-12/h1-2,5-9,12,17H,3-4,10H2. The van der Waals surface area contributed by atoms with Crippen LogP contribution in [0.3, 0.4) is 0 Å². The van der Waals surface area contributed by atoms with E-state index in [9.17, 15) is 10.1 Å². The lowest BCUT2D eigenvalue weighted by atomic mass is 10.2. The van der Waals surface area contributed by atoms with Crippen LogP contribution in [0, 0.1) is 10.1 Å². The second-order valence-corrected chi connectivity index (χ2v) is 4.98. The van der Waals surface area contributed by atoms with Crippen molar-refractivity contribution in [3.63, 3.8) is 0 Å². The number of benzene rings is 1. The van der Waals surface area contributed by atoms with Crippen molar-refractivity contribution >= 4 is 5.69 Å². The Morgan fingerprint density at radius 3 is 2.71 bits per heavy atom. The summed E-state index contributed by atoms with van der Waals surface area (Å²) in [6.07, 6.45) is 4.11. The number of nitro benzene ring substituents is 1. The molecule has 0 amide bonds. The van der Waals surface area contributed by atoms with Crippen molar-refractivity contribution in [3.05, 3.63) is 58.3 Å². The maximum Gasteiger partial charge on any atom is 0.269 e. The van der Waals surface area contributed by atoms with Crippen LogP contribution in [-0.2, 0) is 6.54 Å². The molecular formula is C15H15N3O3. The molecule has 1 fully saturated rings. The number of ether oxygens (including phenoxy) is 1. The quantitative estimate of drug-likeness (QED) is 0.652. The number of aromatic nitrogens is 1. The number of pyridine rings is 1. The SMILES string of the molecule is O=[N+]([O-])c1ccc(Oc2ncccc2CNC2CC2)cc1. The minimum Gasteiger partial charge on any atom is -0.439 e. The summed E-state index contributed by atoms with van der Waals surface area (Å²) in [7, 11) is 0. The lowest BCUT2D eigenvalue weighted by Gasteiger charge is -2.10. The van der Waals surface area contributed by atoms with E-state index >= 15 is 0 Å². The summed E-state index contributed by atoms with van der Waals surface area (Å²) in [5, 5.41) is 14.0. The summed E-state index contributed by atoms with van der Waals surface area (Å²) in [5.74, 6) is 1.06. The highest BCUT2D eigenvalue weighted by Gasteiger charge is 2.20. The van der Waals surface area contributed by atoms with Gasteiger partial charge in [-0.2, -0.15) is 0 Å². The van der Waals surface area contributed by atoms with Crippen LogP contribution in [0.4, 0.5) is 5.69 Å². The van der Waals surface area contributed by atoms with E-state index in [1.165, 1.54) is 25.0 Å². The molecule has 0 saturated heterocycles. The van der Waals surface area contributed by atoms with Crippen LogP contribution in [0.2, 0.25) is 0 Å². The second kappa shape index (κ2) is 5.88. The molecule has 2 aromatic rings.